The molecule has 0 spiro atoms. The minimum Gasteiger partial charge on any atom is -0.0648 e. The summed E-state index contributed by atoms with van der Waals surface area (Å²) < 4.78 is 0. The van der Waals surface area contributed by atoms with Gasteiger partial charge in [-0.15, -0.1) is 0 Å². The van der Waals surface area contributed by atoms with Crippen molar-refractivity contribution in [3.8, 4) is 0 Å². The molecular weight excluding hydrogens is 96.1 g/mol. The third kappa shape index (κ3) is 2.34. The largest absolute Gasteiger partial charge is 0.0648 e. The van der Waals surface area contributed by atoms with Crippen LogP contribution in [0.2, 0.25) is 0 Å². The van der Waals surface area contributed by atoms with E-state index >= 15 is 0 Å². The maximum Gasteiger partial charge on any atom is -0.0221 e. The lowest BCUT2D eigenvalue weighted by atomic mass is 9.81. The molecule has 8 heavy (non-hydrogen) atoms. The third-order valence-corrected chi connectivity index (χ3v) is 1.81. The van der Waals surface area contributed by atoms with Gasteiger partial charge >= 0.3 is 0 Å². The molecule has 0 heteroatoms. The molecule has 0 heterocycles. The normalized spacial score (nSPS) is 12.8. The predicted molar refractivity (Wildman–Crippen MR) is 38.7 cm³/mol. The summed E-state index contributed by atoms with van der Waals surface area (Å²) >= 11 is 0. The van der Waals surface area contributed by atoms with E-state index in [0.29, 0.717) is 5.41 Å². The average molecular weight is 113 g/mol. The molecule has 0 bridgehead atoms. The number of rotatable bonds is 1. The lowest BCUT2D eigenvalue weighted by Gasteiger charge is -2.24. The molecule has 0 aliphatic rings. The Bertz CT molecular complexity index is 56.9. The Balaban J connectivity index is 3.62. The minimum atomic E-state index is 0.425. The van der Waals surface area contributed by atoms with Gasteiger partial charge in [-0.2, -0.15) is 0 Å². The Morgan fingerprint density at radius 1 is 1.25 bits per heavy atom. The summed E-state index contributed by atoms with van der Waals surface area (Å²) in [6.45, 7) is 11.2. The second-order valence-electron chi connectivity index (χ2n) is 3.38. The van der Waals surface area contributed by atoms with E-state index in [0.717, 1.165) is 0 Å². The highest BCUT2D eigenvalue weighted by atomic mass is 14.2. The Labute approximate surface area is 53.3 Å². The summed E-state index contributed by atoms with van der Waals surface area (Å²) in [4.78, 5) is 0. The van der Waals surface area contributed by atoms with Crippen molar-refractivity contribution in [1.82, 2.24) is 0 Å². The van der Waals surface area contributed by atoms with Crippen LogP contribution in [0.25, 0.3) is 0 Å². The topological polar surface area (TPSA) is 0 Å². The molecule has 0 amide bonds. The van der Waals surface area contributed by atoms with Gasteiger partial charge in [0.1, 0.15) is 0 Å². The van der Waals surface area contributed by atoms with E-state index in [1.54, 1.807) is 5.92 Å². The van der Waals surface area contributed by atoms with Crippen LogP contribution in [0.3, 0.4) is 0 Å². The second kappa shape index (κ2) is 2.52. The quantitative estimate of drug-likeness (QED) is 0.490. The van der Waals surface area contributed by atoms with Crippen LogP contribution in [-0.4, -0.2) is 0 Å². The first-order chi connectivity index (χ1) is 3.48. The van der Waals surface area contributed by atoms with Crippen molar-refractivity contribution in [2.75, 3.05) is 0 Å². The van der Waals surface area contributed by atoms with Crippen molar-refractivity contribution in [3.05, 3.63) is 5.92 Å². The standard InChI is InChI=1S/C8H17/c1-6-7(2)8(3,4)5/h6H2,1-5H3. The van der Waals surface area contributed by atoms with Crippen LogP contribution in [0.5, 0.6) is 0 Å². The fourth-order valence-electron chi connectivity index (χ4n) is 0.530. The summed E-state index contributed by atoms with van der Waals surface area (Å²) in [5.74, 6) is 1.58. The number of hydrogen-bond acceptors (Lipinski definition) is 0. The lowest BCUT2D eigenvalue weighted by Crippen LogP contribution is -2.13. The van der Waals surface area contributed by atoms with Gasteiger partial charge in [0.2, 0.25) is 0 Å². The fourth-order valence-corrected chi connectivity index (χ4v) is 0.530. The molecule has 0 atom stereocenters. The van der Waals surface area contributed by atoms with Crippen LogP contribution < -0.4 is 0 Å². The van der Waals surface area contributed by atoms with Gasteiger partial charge in [0, 0.05) is 0 Å². The zero-order valence-corrected chi connectivity index (χ0v) is 6.71. The van der Waals surface area contributed by atoms with E-state index in [1.165, 1.54) is 6.42 Å². The van der Waals surface area contributed by atoms with Crippen LogP contribution >= 0.6 is 0 Å². The molecule has 0 aliphatic carbocycles. The van der Waals surface area contributed by atoms with Gasteiger partial charge in [0.15, 0.2) is 0 Å². The van der Waals surface area contributed by atoms with Crippen LogP contribution in [0.4, 0.5) is 0 Å². The van der Waals surface area contributed by atoms with E-state index in [2.05, 4.69) is 34.6 Å². The van der Waals surface area contributed by atoms with Crippen LogP contribution in [0, 0.1) is 11.3 Å². The molecule has 0 rings (SSSR count). The Hall–Kier alpha value is 0. The van der Waals surface area contributed by atoms with Gasteiger partial charge in [-0.25, -0.2) is 0 Å². The molecule has 0 fully saturated rings. The minimum absolute atomic E-state index is 0.425. The van der Waals surface area contributed by atoms with Crippen molar-refractivity contribution in [2.45, 2.75) is 41.0 Å². The van der Waals surface area contributed by atoms with Gasteiger partial charge in [-0.1, -0.05) is 34.6 Å². The number of hydrogen-bond donors (Lipinski definition) is 0. The zero-order valence-electron chi connectivity index (χ0n) is 6.71. The van der Waals surface area contributed by atoms with E-state index in [-0.39, 0.29) is 0 Å². The highest BCUT2D eigenvalue weighted by molar-refractivity contribution is 4.94. The van der Waals surface area contributed by atoms with Gasteiger partial charge in [-0.3, -0.25) is 0 Å². The molecule has 0 nitrogen and oxygen atoms in total. The summed E-state index contributed by atoms with van der Waals surface area (Å²) in [5, 5.41) is 0. The molecule has 0 aromatic rings. The lowest BCUT2D eigenvalue weighted by molar-refractivity contribution is 0.417. The molecule has 0 saturated heterocycles. The maximum atomic E-state index is 2.26. The van der Waals surface area contributed by atoms with Crippen molar-refractivity contribution in [1.29, 1.82) is 0 Å². The van der Waals surface area contributed by atoms with Crippen molar-refractivity contribution < 1.29 is 0 Å². The summed E-state index contributed by atoms with van der Waals surface area (Å²) in [6.07, 6.45) is 1.21. The highest BCUT2D eigenvalue weighted by Crippen LogP contribution is 2.29. The Morgan fingerprint density at radius 2 is 1.62 bits per heavy atom. The highest BCUT2D eigenvalue weighted by Gasteiger charge is 2.17. The fraction of sp³-hybridized carbons (Fsp3) is 0.875. The Morgan fingerprint density at radius 3 is 1.62 bits per heavy atom. The van der Waals surface area contributed by atoms with E-state index in [9.17, 15) is 0 Å². The molecule has 49 valence electrons. The first kappa shape index (κ1) is 8.00. The summed E-state index contributed by atoms with van der Waals surface area (Å²) in [5.41, 5.74) is 0.425. The van der Waals surface area contributed by atoms with Crippen molar-refractivity contribution in [3.63, 3.8) is 0 Å². The van der Waals surface area contributed by atoms with Gasteiger partial charge < -0.3 is 0 Å². The average Bonchev–Trinajstić information content (AvgIpc) is 1.62. The smallest absolute Gasteiger partial charge is 0.0221 e. The molecule has 0 aromatic heterocycles. The molecule has 0 saturated carbocycles. The second-order valence-corrected chi connectivity index (χ2v) is 3.38. The van der Waals surface area contributed by atoms with Gasteiger partial charge in [0.25, 0.3) is 0 Å². The summed E-state index contributed by atoms with van der Waals surface area (Å²) in [6, 6.07) is 0. The van der Waals surface area contributed by atoms with E-state index < -0.39 is 0 Å². The molecule has 1 radical (unpaired) electrons. The Kier molecular flexibility index (Phi) is 2.52. The van der Waals surface area contributed by atoms with E-state index in [1.807, 2.05) is 0 Å². The monoisotopic (exact) mass is 113 g/mol. The first-order valence-electron chi connectivity index (χ1n) is 3.31. The molecular formula is C8H17. The van der Waals surface area contributed by atoms with Gasteiger partial charge in [0.05, 0.1) is 0 Å². The predicted octanol–water partition coefficient (Wildman–Crippen LogP) is 3.04. The van der Waals surface area contributed by atoms with Crippen LogP contribution in [0.1, 0.15) is 41.0 Å². The molecule has 0 unspecified atom stereocenters. The zero-order chi connectivity index (χ0) is 6.78. The van der Waals surface area contributed by atoms with Crippen molar-refractivity contribution >= 4 is 0 Å². The van der Waals surface area contributed by atoms with Crippen LogP contribution in [0.15, 0.2) is 0 Å². The van der Waals surface area contributed by atoms with Crippen LogP contribution in [-0.2, 0) is 0 Å². The molecule has 0 aliphatic heterocycles. The summed E-state index contributed by atoms with van der Waals surface area (Å²) in [7, 11) is 0. The first-order valence-corrected chi connectivity index (χ1v) is 3.31. The van der Waals surface area contributed by atoms with E-state index in [4.69, 9.17) is 0 Å². The van der Waals surface area contributed by atoms with Crippen molar-refractivity contribution in [2.24, 2.45) is 5.41 Å². The SMILES string of the molecule is CC[C](C)C(C)(C)C. The van der Waals surface area contributed by atoms with Gasteiger partial charge in [-0.05, 0) is 17.8 Å². The maximum absolute atomic E-state index is 2.26. The molecule has 0 N–H and O–H groups in total. The molecule has 0 aromatic carbocycles. The third-order valence-electron chi connectivity index (χ3n) is 1.81.